The number of rotatable bonds is 2. The smallest absolute Gasteiger partial charge is 0.200 e. The second-order valence-corrected chi connectivity index (χ2v) is 4.33. The van der Waals surface area contributed by atoms with Gasteiger partial charge in [0.05, 0.1) is 0 Å². The Kier molecular flexibility index (Phi) is 4.41. The van der Waals surface area contributed by atoms with Gasteiger partial charge in [-0.05, 0) is 12.8 Å². The van der Waals surface area contributed by atoms with Gasteiger partial charge in [0, 0.05) is 13.0 Å². The highest BCUT2D eigenvalue weighted by Crippen LogP contribution is 2.26. The fourth-order valence-electron chi connectivity index (χ4n) is 1.83. The summed E-state index contributed by atoms with van der Waals surface area (Å²) in [5, 5.41) is 0. The molecule has 0 atom stereocenters. The summed E-state index contributed by atoms with van der Waals surface area (Å²) in [6.45, 7) is 0.557. The van der Waals surface area contributed by atoms with Crippen molar-refractivity contribution < 1.29 is 22.0 Å². The zero-order valence-corrected chi connectivity index (χ0v) is 10.4. The molecular formula is C12H12F5N3. The summed E-state index contributed by atoms with van der Waals surface area (Å²) in [6, 6.07) is 0. The average molecular weight is 293 g/mol. The number of nitrogens with zero attached hydrogens (tertiary/aromatic N) is 1. The molecular weight excluding hydrogens is 281 g/mol. The van der Waals surface area contributed by atoms with Crippen LogP contribution in [0.3, 0.4) is 0 Å². The zero-order valence-electron chi connectivity index (χ0n) is 10.4. The van der Waals surface area contributed by atoms with Gasteiger partial charge < -0.3 is 0 Å². The van der Waals surface area contributed by atoms with Gasteiger partial charge in [0.25, 0.3) is 0 Å². The van der Waals surface area contributed by atoms with E-state index in [9.17, 15) is 22.0 Å². The highest BCUT2D eigenvalue weighted by Gasteiger charge is 2.25. The van der Waals surface area contributed by atoms with Crippen LogP contribution in [0.5, 0.6) is 0 Å². The normalized spacial score (nSPS) is 15.6. The zero-order chi connectivity index (χ0) is 14.7. The number of benzene rings is 1. The van der Waals surface area contributed by atoms with Gasteiger partial charge >= 0.3 is 0 Å². The van der Waals surface area contributed by atoms with Crippen molar-refractivity contribution in [1.29, 1.82) is 0 Å². The molecule has 1 aliphatic rings. The Morgan fingerprint density at radius 2 is 1.30 bits per heavy atom. The molecule has 0 aliphatic carbocycles. The van der Waals surface area contributed by atoms with Crippen LogP contribution < -0.4 is 10.9 Å². The molecule has 20 heavy (non-hydrogen) atoms. The first-order valence-electron chi connectivity index (χ1n) is 6.09. The van der Waals surface area contributed by atoms with Gasteiger partial charge in [-0.15, -0.1) is 0 Å². The molecule has 110 valence electrons. The first-order valence-corrected chi connectivity index (χ1v) is 6.09. The van der Waals surface area contributed by atoms with Crippen LogP contribution in [0.15, 0.2) is 4.99 Å². The Hall–Kier alpha value is -1.86. The van der Waals surface area contributed by atoms with Crippen molar-refractivity contribution in [2.75, 3.05) is 12.0 Å². The minimum atomic E-state index is -2.18. The third-order valence-electron chi connectivity index (χ3n) is 2.92. The van der Waals surface area contributed by atoms with Gasteiger partial charge in [0.2, 0.25) is 5.82 Å². The lowest BCUT2D eigenvalue weighted by molar-refractivity contribution is 0.381. The SMILES string of the molecule is Fc1c(F)c(F)c(NNC2=NCCCCC2)c(F)c1F. The van der Waals surface area contributed by atoms with E-state index in [-0.39, 0.29) is 0 Å². The lowest BCUT2D eigenvalue weighted by Crippen LogP contribution is -2.31. The van der Waals surface area contributed by atoms with Gasteiger partial charge in [-0.3, -0.25) is 15.8 Å². The van der Waals surface area contributed by atoms with E-state index in [1.54, 1.807) is 0 Å². The molecule has 1 aromatic carbocycles. The molecule has 2 N–H and O–H groups in total. The molecule has 0 saturated heterocycles. The van der Waals surface area contributed by atoms with Crippen LogP contribution in [0.1, 0.15) is 25.7 Å². The number of hydrogen-bond donors (Lipinski definition) is 2. The van der Waals surface area contributed by atoms with E-state index >= 15 is 0 Å². The number of anilines is 1. The summed E-state index contributed by atoms with van der Waals surface area (Å²) >= 11 is 0. The highest BCUT2D eigenvalue weighted by molar-refractivity contribution is 5.83. The molecule has 0 aromatic heterocycles. The molecule has 3 nitrogen and oxygen atoms in total. The van der Waals surface area contributed by atoms with E-state index in [0.717, 1.165) is 19.3 Å². The summed E-state index contributed by atoms with van der Waals surface area (Å²) in [5.74, 6) is -9.57. The van der Waals surface area contributed by atoms with E-state index < -0.39 is 34.8 Å². The van der Waals surface area contributed by atoms with Gasteiger partial charge in [-0.2, -0.15) is 0 Å². The molecule has 0 spiro atoms. The summed E-state index contributed by atoms with van der Waals surface area (Å²) in [5.41, 5.74) is 3.29. The number of hydrogen-bond acceptors (Lipinski definition) is 3. The largest absolute Gasteiger partial charge is 0.294 e. The minimum absolute atomic E-state index is 0.423. The molecule has 1 aromatic rings. The molecule has 0 bridgehead atoms. The lowest BCUT2D eigenvalue weighted by Gasteiger charge is -2.13. The van der Waals surface area contributed by atoms with Crippen LogP contribution in [0.4, 0.5) is 27.6 Å². The first kappa shape index (κ1) is 14.5. The second-order valence-electron chi connectivity index (χ2n) is 4.33. The molecule has 1 heterocycles. The average Bonchev–Trinajstić information content (AvgIpc) is 2.72. The molecule has 0 saturated carbocycles. The van der Waals surface area contributed by atoms with Crippen molar-refractivity contribution in [2.24, 2.45) is 4.99 Å². The third-order valence-corrected chi connectivity index (χ3v) is 2.92. The first-order chi connectivity index (χ1) is 9.52. The van der Waals surface area contributed by atoms with Gasteiger partial charge in [-0.1, -0.05) is 6.42 Å². The van der Waals surface area contributed by atoms with Crippen LogP contribution in [0.25, 0.3) is 0 Å². The Morgan fingerprint density at radius 1 is 0.700 bits per heavy atom. The number of amidine groups is 1. The molecule has 0 amide bonds. The maximum atomic E-state index is 13.4. The van der Waals surface area contributed by atoms with Crippen molar-refractivity contribution in [3.05, 3.63) is 29.1 Å². The van der Waals surface area contributed by atoms with E-state index in [1.807, 2.05) is 5.43 Å². The second kappa shape index (κ2) is 6.06. The molecule has 0 radical (unpaired) electrons. The Labute approximate surface area is 111 Å². The number of halogens is 5. The Balaban J connectivity index is 2.19. The van der Waals surface area contributed by atoms with E-state index in [4.69, 9.17) is 0 Å². The van der Waals surface area contributed by atoms with E-state index in [2.05, 4.69) is 10.4 Å². The van der Waals surface area contributed by atoms with Crippen molar-refractivity contribution in [3.8, 4) is 0 Å². The molecule has 2 rings (SSSR count). The predicted octanol–water partition coefficient (Wildman–Crippen LogP) is 3.27. The van der Waals surface area contributed by atoms with Crippen molar-refractivity contribution in [1.82, 2.24) is 5.43 Å². The fourth-order valence-corrected chi connectivity index (χ4v) is 1.83. The van der Waals surface area contributed by atoms with Crippen LogP contribution >= 0.6 is 0 Å². The van der Waals surface area contributed by atoms with Crippen LogP contribution in [-0.4, -0.2) is 12.4 Å². The summed E-state index contributed by atoms with van der Waals surface area (Å²) < 4.78 is 65.5. The third kappa shape index (κ3) is 2.83. The Bertz CT molecular complexity index is 515. The minimum Gasteiger partial charge on any atom is -0.294 e. The van der Waals surface area contributed by atoms with E-state index in [0.29, 0.717) is 18.8 Å². The molecule has 8 heteroatoms. The van der Waals surface area contributed by atoms with Crippen LogP contribution in [-0.2, 0) is 0 Å². The maximum absolute atomic E-state index is 13.4. The number of nitrogens with one attached hydrogen (secondary N) is 2. The van der Waals surface area contributed by atoms with Gasteiger partial charge in [-0.25, -0.2) is 22.0 Å². The maximum Gasteiger partial charge on any atom is 0.200 e. The van der Waals surface area contributed by atoms with Crippen LogP contribution in [0.2, 0.25) is 0 Å². The van der Waals surface area contributed by atoms with Gasteiger partial charge in [0.1, 0.15) is 11.5 Å². The molecule has 0 fully saturated rings. The Morgan fingerprint density at radius 3 is 1.95 bits per heavy atom. The van der Waals surface area contributed by atoms with Crippen molar-refractivity contribution >= 4 is 11.5 Å². The van der Waals surface area contributed by atoms with Crippen LogP contribution in [0, 0.1) is 29.1 Å². The summed E-state index contributed by atoms with van der Waals surface area (Å²) in [7, 11) is 0. The predicted molar refractivity (Wildman–Crippen MR) is 63.8 cm³/mol. The lowest BCUT2D eigenvalue weighted by atomic mass is 10.2. The molecule has 1 aliphatic heterocycles. The topological polar surface area (TPSA) is 36.4 Å². The quantitative estimate of drug-likeness (QED) is 0.380. The monoisotopic (exact) mass is 293 g/mol. The van der Waals surface area contributed by atoms with Crippen molar-refractivity contribution in [3.63, 3.8) is 0 Å². The van der Waals surface area contributed by atoms with Crippen molar-refractivity contribution in [2.45, 2.75) is 25.7 Å². The summed E-state index contributed by atoms with van der Waals surface area (Å²) in [4.78, 5) is 4.10. The summed E-state index contributed by atoms with van der Waals surface area (Å²) in [6.07, 6.45) is 3.25. The molecule has 0 unspecified atom stereocenters. The number of aliphatic imine (C=N–C) groups is 1. The standard InChI is InChI=1S/C12H12F5N3/c13-7-8(14)10(16)12(11(17)9(7)15)20-19-6-4-2-1-3-5-18-6/h20H,1-5H2,(H,18,19). The fraction of sp³-hybridized carbons (Fsp3) is 0.417. The van der Waals surface area contributed by atoms with Gasteiger partial charge in [0.15, 0.2) is 23.3 Å². The number of hydrazine groups is 1. The van der Waals surface area contributed by atoms with E-state index in [1.165, 1.54) is 0 Å². The highest BCUT2D eigenvalue weighted by atomic mass is 19.2.